The largest absolute Gasteiger partial charge is 0.381 e. The van der Waals surface area contributed by atoms with Crippen LogP contribution in [0.15, 0.2) is 0 Å². The maximum absolute atomic E-state index is 5.53. The molecule has 0 radical (unpaired) electrons. The van der Waals surface area contributed by atoms with Gasteiger partial charge >= 0.3 is 0 Å². The molecule has 0 amide bonds. The second kappa shape index (κ2) is 7.33. The highest BCUT2D eigenvalue weighted by atomic mass is 16.5. The molecule has 4 aliphatic heterocycles. The Hall–Kier alpha value is -0.600. The first kappa shape index (κ1) is 16.8. The SMILES string of the molecule is C(#CCN1CCC2(CCOCC2)C1)CN1CCC2(CCOCC2)C1. The molecule has 0 unspecified atom stereocenters. The molecular formula is C20H32N2O2. The van der Waals surface area contributed by atoms with Gasteiger partial charge in [0.05, 0.1) is 13.1 Å². The number of hydrogen-bond donors (Lipinski definition) is 0. The molecule has 4 rings (SSSR count). The van der Waals surface area contributed by atoms with Crippen molar-refractivity contribution in [1.29, 1.82) is 0 Å². The van der Waals surface area contributed by atoms with Crippen LogP contribution < -0.4 is 0 Å². The van der Waals surface area contributed by atoms with Crippen LogP contribution in [0.3, 0.4) is 0 Å². The molecule has 0 aromatic carbocycles. The van der Waals surface area contributed by atoms with E-state index in [9.17, 15) is 0 Å². The highest BCUT2D eigenvalue weighted by Crippen LogP contribution is 2.40. The molecule has 0 N–H and O–H groups in total. The molecule has 0 aromatic heterocycles. The van der Waals surface area contributed by atoms with Crippen LogP contribution in [0, 0.1) is 22.7 Å². The van der Waals surface area contributed by atoms with Crippen molar-refractivity contribution in [2.24, 2.45) is 10.8 Å². The number of rotatable bonds is 2. The summed E-state index contributed by atoms with van der Waals surface area (Å²) in [7, 11) is 0. The van der Waals surface area contributed by atoms with Gasteiger partial charge in [-0.25, -0.2) is 0 Å². The minimum Gasteiger partial charge on any atom is -0.381 e. The van der Waals surface area contributed by atoms with Gasteiger partial charge in [-0.15, -0.1) is 0 Å². The molecule has 24 heavy (non-hydrogen) atoms. The van der Waals surface area contributed by atoms with Crippen molar-refractivity contribution >= 4 is 0 Å². The van der Waals surface area contributed by atoms with Crippen molar-refractivity contribution in [3.8, 4) is 11.8 Å². The highest BCUT2D eigenvalue weighted by Gasteiger charge is 2.39. The zero-order valence-corrected chi connectivity index (χ0v) is 15.0. The van der Waals surface area contributed by atoms with E-state index >= 15 is 0 Å². The third-order valence-corrected chi connectivity index (χ3v) is 6.87. The van der Waals surface area contributed by atoms with Crippen molar-refractivity contribution in [2.75, 3.05) is 65.7 Å². The van der Waals surface area contributed by atoms with Crippen LogP contribution in [0.25, 0.3) is 0 Å². The van der Waals surface area contributed by atoms with Gasteiger partial charge in [0.25, 0.3) is 0 Å². The van der Waals surface area contributed by atoms with Gasteiger partial charge < -0.3 is 9.47 Å². The van der Waals surface area contributed by atoms with Gasteiger partial charge in [0, 0.05) is 39.5 Å². The molecule has 4 saturated heterocycles. The lowest BCUT2D eigenvalue weighted by molar-refractivity contribution is 0.0197. The first-order chi connectivity index (χ1) is 11.8. The van der Waals surface area contributed by atoms with Crippen molar-refractivity contribution < 1.29 is 9.47 Å². The number of likely N-dealkylation sites (tertiary alicyclic amines) is 2. The van der Waals surface area contributed by atoms with Gasteiger partial charge in [-0.2, -0.15) is 0 Å². The molecule has 4 fully saturated rings. The summed E-state index contributed by atoms with van der Waals surface area (Å²) in [5, 5.41) is 0. The molecule has 134 valence electrons. The first-order valence-electron chi connectivity index (χ1n) is 9.84. The predicted molar refractivity (Wildman–Crippen MR) is 94.9 cm³/mol. The maximum atomic E-state index is 5.53. The number of ether oxygens (including phenoxy) is 2. The predicted octanol–water partition coefficient (Wildman–Crippen LogP) is 1.99. The van der Waals surface area contributed by atoms with Crippen LogP contribution in [0.4, 0.5) is 0 Å². The van der Waals surface area contributed by atoms with Crippen molar-refractivity contribution in [1.82, 2.24) is 9.80 Å². The van der Waals surface area contributed by atoms with Crippen molar-refractivity contribution in [3.63, 3.8) is 0 Å². The zero-order chi connectivity index (χ0) is 16.3. The second-order valence-electron chi connectivity index (χ2n) is 8.50. The van der Waals surface area contributed by atoms with E-state index in [0.717, 1.165) is 39.5 Å². The Morgan fingerprint density at radius 3 is 1.46 bits per heavy atom. The quantitative estimate of drug-likeness (QED) is 0.722. The summed E-state index contributed by atoms with van der Waals surface area (Å²) in [6.45, 7) is 10.7. The Morgan fingerprint density at radius 2 is 1.04 bits per heavy atom. The lowest BCUT2D eigenvalue weighted by Crippen LogP contribution is -2.33. The monoisotopic (exact) mass is 332 g/mol. The first-order valence-corrected chi connectivity index (χ1v) is 9.84. The van der Waals surface area contributed by atoms with Gasteiger partial charge in [0.15, 0.2) is 0 Å². The lowest BCUT2D eigenvalue weighted by atomic mass is 9.80. The summed E-state index contributed by atoms with van der Waals surface area (Å²) in [6.07, 6.45) is 7.67. The molecule has 0 saturated carbocycles. The van der Waals surface area contributed by atoms with Gasteiger partial charge in [0.1, 0.15) is 0 Å². The molecular weight excluding hydrogens is 300 g/mol. The van der Waals surface area contributed by atoms with E-state index < -0.39 is 0 Å². The number of nitrogens with zero attached hydrogens (tertiary/aromatic N) is 2. The molecule has 0 aromatic rings. The van der Waals surface area contributed by atoms with Crippen molar-refractivity contribution in [3.05, 3.63) is 0 Å². The molecule has 2 spiro atoms. The topological polar surface area (TPSA) is 24.9 Å². The van der Waals surface area contributed by atoms with Crippen LogP contribution in [-0.2, 0) is 9.47 Å². The molecule has 0 aliphatic carbocycles. The molecule has 4 heteroatoms. The fraction of sp³-hybridized carbons (Fsp3) is 0.900. The minimum atomic E-state index is 0.546. The minimum absolute atomic E-state index is 0.546. The Bertz CT molecular complexity index is 442. The van der Waals surface area contributed by atoms with E-state index in [0.29, 0.717) is 10.8 Å². The third-order valence-electron chi connectivity index (χ3n) is 6.87. The van der Waals surface area contributed by atoms with Crippen LogP contribution in [-0.4, -0.2) is 75.5 Å². The number of hydrogen-bond acceptors (Lipinski definition) is 4. The average molecular weight is 332 g/mol. The van der Waals surface area contributed by atoms with Gasteiger partial charge in [0.2, 0.25) is 0 Å². The summed E-state index contributed by atoms with van der Waals surface area (Å²) in [5.41, 5.74) is 1.09. The summed E-state index contributed by atoms with van der Waals surface area (Å²) in [5.74, 6) is 6.89. The summed E-state index contributed by atoms with van der Waals surface area (Å²) in [6, 6.07) is 0. The molecule has 4 aliphatic rings. The Morgan fingerprint density at radius 1 is 0.625 bits per heavy atom. The van der Waals surface area contributed by atoms with Crippen LogP contribution >= 0.6 is 0 Å². The van der Waals surface area contributed by atoms with E-state index in [4.69, 9.17) is 9.47 Å². The molecule has 4 nitrogen and oxygen atoms in total. The summed E-state index contributed by atoms with van der Waals surface area (Å²) < 4.78 is 11.1. The second-order valence-corrected chi connectivity index (χ2v) is 8.50. The van der Waals surface area contributed by atoms with E-state index in [1.165, 1.54) is 64.7 Å². The van der Waals surface area contributed by atoms with Crippen molar-refractivity contribution in [2.45, 2.75) is 38.5 Å². The van der Waals surface area contributed by atoms with Crippen LogP contribution in [0.2, 0.25) is 0 Å². The average Bonchev–Trinajstić information content (AvgIpc) is 3.18. The van der Waals surface area contributed by atoms with Gasteiger partial charge in [-0.05, 0) is 62.4 Å². The maximum Gasteiger partial charge on any atom is 0.0602 e. The fourth-order valence-corrected chi connectivity index (χ4v) is 5.09. The van der Waals surface area contributed by atoms with Crippen LogP contribution in [0.5, 0.6) is 0 Å². The fourth-order valence-electron chi connectivity index (χ4n) is 5.09. The standard InChI is InChI=1S/C20H32N2O2/c1(9-21-11-3-19(17-21)5-13-23-14-6-19)2-10-22-12-4-20(18-22)7-15-24-16-8-20/h3-18H2. The van der Waals surface area contributed by atoms with E-state index in [1.54, 1.807) is 0 Å². The summed E-state index contributed by atoms with van der Waals surface area (Å²) in [4.78, 5) is 5.12. The van der Waals surface area contributed by atoms with E-state index in [-0.39, 0.29) is 0 Å². The third kappa shape index (κ3) is 3.80. The van der Waals surface area contributed by atoms with E-state index in [2.05, 4.69) is 21.6 Å². The molecule has 4 heterocycles. The normalized spacial score (nSPS) is 29.8. The Balaban J connectivity index is 1.19. The zero-order valence-electron chi connectivity index (χ0n) is 15.0. The smallest absolute Gasteiger partial charge is 0.0602 e. The molecule has 0 bridgehead atoms. The van der Waals surface area contributed by atoms with Gasteiger partial charge in [-0.3, -0.25) is 9.80 Å². The highest BCUT2D eigenvalue weighted by molar-refractivity contribution is 5.06. The van der Waals surface area contributed by atoms with E-state index in [1.807, 2.05) is 0 Å². The lowest BCUT2D eigenvalue weighted by Gasteiger charge is -2.33. The Labute approximate surface area is 146 Å². The van der Waals surface area contributed by atoms with Crippen LogP contribution in [0.1, 0.15) is 38.5 Å². The van der Waals surface area contributed by atoms with Gasteiger partial charge in [-0.1, -0.05) is 11.8 Å². The Kier molecular flexibility index (Phi) is 5.15. The summed E-state index contributed by atoms with van der Waals surface area (Å²) >= 11 is 0. The molecule has 0 atom stereocenters.